The Kier molecular flexibility index (Phi) is 4.54. The first-order valence-electron chi connectivity index (χ1n) is 11.9. The first-order valence-corrected chi connectivity index (χ1v) is 11.9. The molecule has 0 spiro atoms. The summed E-state index contributed by atoms with van der Waals surface area (Å²) in [5.41, 5.74) is 3.06. The van der Waals surface area contributed by atoms with Crippen molar-refractivity contribution in [3.05, 3.63) is 23.5 Å². The third-order valence-corrected chi connectivity index (χ3v) is 9.83. The molecule has 0 bridgehead atoms. The monoisotopic (exact) mass is 382 g/mol. The molecule has 3 nitrogen and oxygen atoms in total. The van der Waals surface area contributed by atoms with Crippen LogP contribution in [-0.4, -0.2) is 21.0 Å². The molecule has 1 heterocycles. The number of nitrogens with zero attached hydrogens (tertiary/aromatic N) is 2. The maximum Gasteiger partial charge on any atom is 0.0810 e. The number of rotatable bonds is 2. The molecule has 0 saturated heterocycles. The standard InChI is InChI=1S/C25H38N2O/c1-4-27-19(11-14-26-27)15-17-16-22-20-9-8-18-7-5-6-12-24(18,2)21(20)10-13-25(22,3)23(17)28/h11,14-15,18,20-23,28H,4-10,12-13,16H2,1-3H3/b17-15-/t18-,20+,21-,22-,23+,24-,25-/m0/s1. The van der Waals surface area contributed by atoms with Crippen LogP contribution in [0.15, 0.2) is 17.8 Å². The van der Waals surface area contributed by atoms with Crippen molar-refractivity contribution in [3.63, 3.8) is 0 Å². The minimum absolute atomic E-state index is 0.0714. The van der Waals surface area contributed by atoms with E-state index < -0.39 is 0 Å². The fourth-order valence-corrected chi connectivity index (χ4v) is 8.21. The van der Waals surface area contributed by atoms with Crippen LogP contribution in [0, 0.1) is 34.5 Å². The molecule has 0 aromatic carbocycles. The Morgan fingerprint density at radius 1 is 1.11 bits per heavy atom. The topological polar surface area (TPSA) is 38.0 Å². The van der Waals surface area contributed by atoms with Gasteiger partial charge in [-0.1, -0.05) is 26.7 Å². The maximum absolute atomic E-state index is 11.4. The summed E-state index contributed by atoms with van der Waals surface area (Å²) in [5, 5.41) is 15.8. The zero-order valence-electron chi connectivity index (χ0n) is 18.0. The van der Waals surface area contributed by atoms with E-state index >= 15 is 0 Å². The molecule has 4 fully saturated rings. The Labute approximate surface area is 170 Å². The summed E-state index contributed by atoms with van der Waals surface area (Å²) < 4.78 is 2.04. The molecule has 4 aliphatic carbocycles. The van der Waals surface area contributed by atoms with Crippen molar-refractivity contribution in [1.29, 1.82) is 0 Å². The van der Waals surface area contributed by atoms with Gasteiger partial charge in [0.15, 0.2) is 0 Å². The first kappa shape index (κ1) is 18.9. The second-order valence-corrected chi connectivity index (χ2v) is 10.8. The number of fused-ring (bicyclic) bond motifs is 5. The lowest BCUT2D eigenvalue weighted by Crippen LogP contribution is -2.53. The van der Waals surface area contributed by atoms with Crippen molar-refractivity contribution < 1.29 is 5.11 Å². The van der Waals surface area contributed by atoms with Crippen LogP contribution in [-0.2, 0) is 6.54 Å². The highest BCUT2D eigenvalue weighted by atomic mass is 16.3. The molecule has 1 aromatic rings. The highest BCUT2D eigenvalue weighted by Crippen LogP contribution is 2.67. The number of hydrogen-bond donors (Lipinski definition) is 1. The highest BCUT2D eigenvalue weighted by Gasteiger charge is 2.60. The Bertz CT molecular complexity index is 766. The normalized spacial score (nSPS) is 46.9. The van der Waals surface area contributed by atoms with Crippen molar-refractivity contribution >= 4 is 6.08 Å². The summed E-state index contributed by atoms with van der Waals surface area (Å²) in [6.07, 6.45) is 16.1. The van der Waals surface area contributed by atoms with E-state index in [2.05, 4.69) is 38.0 Å². The first-order chi connectivity index (χ1) is 13.5. The molecule has 28 heavy (non-hydrogen) atoms. The van der Waals surface area contributed by atoms with Gasteiger partial charge < -0.3 is 5.11 Å². The molecular weight excluding hydrogens is 344 g/mol. The average Bonchev–Trinajstić information content (AvgIpc) is 3.24. The molecule has 0 amide bonds. The molecule has 4 saturated carbocycles. The molecule has 3 heteroatoms. The zero-order valence-corrected chi connectivity index (χ0v) is 18.0. The van der Waals surface area contributed by atoms with Crippen LogP contribution in [0.4, 0.5) is 0 Å². The van der Waals surface area contributed by atoms with Gasteiger partial charge in [0.05, 0.1) is 11.8 Å². The molecule has 154 valence electrons. The lowest BCUT2D eigenvalue weighted by atomic mass is 9.45. The minimum atomic E-state index is -0.282. The number of hydrogen-bond acceptors (Lipinski definition) is 2. The van der Waals surface area contributed by atoms with Crippen LogP contribution in [0.2, 0.25) is 0 Å². The van der Waals surface area contributed by atoms with Gasteiger partial charge in [0.1, 0.15) is 0 Å². The van der Waals surface area contributed by atoms with Crippen molar-refractivity contribution in [2.75, 3.05) is 0 Å². The van der Waals surface area contributed by atoms with Gasteiger partial charge in [-0.05, 0) is 98.7 Å². The second-order valence-electron chi connectivity index (χ2n) is 10.8. The summed E-state index contributed by atoms with van der Waals surface area (Å²) in [5.74, 6) is 3.32. The van der Waals surface area contributed by atoms with Crippen LogP contribution in [0.5, 0.6) is 0 Å². The SMILES string of the molecule is CCn1nccc1/C=C1/C[C@H]2[C@@H]3CC[C@@H]4CCCC[C@]4(C)[C@H]3CC[C@]2(C)[C@@H]1O. The molecule has 0 radical (unpaired) electrons. The van der Waals surface area contributed by atoms with Gasteiger partial charge in [-0.3, -0.25) is 4.68 Å². The molecule has 0 unspecified atom stereocenters. The summed E-state index contributed by atoms with van der Waals surface area (Å²) >= 11 is 0. The van der Waals surface area contributed by atoms with Crippen molar-refractivity contribution in [1.82, 2.24) is 9.78 Å². The Hall–Kier alpha value is -1.09. The third kappa shape index (κ3) is 2.61. The minimum Gasteiger partial charge on any atom is -0.388 e. The lowest BCUT2D eigenvalue weighted by molar-refractivity contribution is -0.119. The van der Waals surface area contributed by atoms with E-state index in [0.717, 1.165) is 36.4 Å². The summed E-state index contributed by atoms with van der Waals surface area (Å²) in [4.78, 5) is 0. The van der Waals surface area contributed by atoms with Gasteiger partial charge in [0, 0.05) is 18.2 Å². The van der Waals surface area contributed by atoms with E-state index in [0.29, 0.717) is 11.3 Å². The van der Waals surface area contributed by atoms with E-state index in [1.165, 1.54) is 56.9 Å². The van der Waals surface area contributed by atoms with E-state index in [4.69, 9.17) is 0 Å². The predicted octanol–water partition coefficient (Wildman–Crippen LogP) is 5.69. The fourth-order valence-electron chi connectivity index (χ4n) is 8.21. The Morgan fingerprint density at radius 3 is 2.79 bits per heavy atom. The van der Waals surface area contributed by atoms with Gasteiger partial charge in [-0.15, -0.1) is 0 Å². The molecule has 0 aliphatic heterocycles. The van der Waals surface area contributed by atoms with Gasteiger partial charge >= 0.3 is 0 Å². The van der Waals surface area contributed by atoms with Crippen molar-refractivity contribution in [2.24, 2.45) is 34.5 Å². The molecule has 4 aliphatic rings. The molecule has 1 N–H and O–H groups in total. The fraction of sp³-hybridized carbons (Fsp3) is 0.800. The third-order valence-electron chi connectivity index (χ3n) is 9.83. The molecule has 5 rings (SSSR count). The van der Waals surface area contributed by atoms with E-state index in [1.54, 1.807) is 0 Å². The lowest BCUT2D eigenvalue weighted by Gasteiger charge is -2.60. The predicted molar refractivity (Wildman–Crippen MR) is 114 cm³/mol. The second kappa shape index (κ2) is 6.72. The Balaban J connectivity index is 1.46. The van der Waals surface area contributed by atoms with Crippen LogP contribution >= 0.6 is 0 Å². The number of aromatic nitrogens is 2. The molecule has 7 atom stereocenters. The van der Waals surface area contributed by atoms with E-state index in [1.807, 2.05) is 10.9 Å². The average molecular weight is 383 g/mol. The number of aryl methyl sites for hydroxylation is 1. The van der Waals surface area contributed by atoms with Crippen LogP contribution < -0.4 is 0 Å². The summed E-state index contributed by atoms with van der Waals surface area (Å²) in [6.45, 7) is 8.05. The van der Waals surface area contributed by atoms with Gasteiger partial charge in [-0.25, -0.2) is 0 Å². The quantitative estimate of drug-likeness (QED) is 0.713. The largest absolute Gasteiger partial charge is 0.388 e. The van der Waals surface area contributed by atoms with E-state index in [-0.39, 0.29) is 11.5 Å². The van der Waals surface area contributed by atoms with E-state index in [9.17, 15) is 5.11 Å². The van der Waals surface area contributed by atoms with Crippen molar-refractivity contribution in [3.8, 4) is 0 Å². The van der Waals surface area contributed by atoms with Gasteiger partial charge in [-0.2, -0.15) is 5.10 Å². The Morgan fingerprint density at radius 2 is 1.96 bits per heavy atom. The maximum atomic E-state index is 11.4. The van der Waals surface area contributed by atoms with Crippen LogP contribution in [0.1, 0.15) is 84.3 Å². The number of aliphatic hydroxyl groups excluding tert-OH is 1. The number of aliphatic hydroxyl groups is 1. The van der Waals surface area contributed by atoms with Crippen LogP contribution in [0.25, 0.3) is 6.08 Å². The summed E-state index contributed by atoms with van der Waals surface area (Å²) in [7, 11) is 0. The van der Waals surface area contributed by atoms with Crippen LogP contribution in [0.3, 0.4) is 0 Å². The van der Waals surface area contributed by atoms with Gasteiger partial charge in [0.25, 0.3) is 0 Å². The highest BCUT2D eigenvalue weighted by molar-refractivity contribution is 5.52. The molecular formula is C25H38N2O. The smallest absolute Gasteiger partial charge is 0.0810 e. The summed E-state index contributed by atoms with van der Waals surface area (Å²) in [6, 6.07) is 2.09. The zero-order chi connectivity index (χ0) is 19.5. The van der Waals surface area contributed by atoms with Crippen molar-refractivity contribution in [2.45, 2.75) is 91.2 Å². The van der Waals surface area contributed by atoms with Gasteiger partial charge in [0.2, 0.25) is 0 Å². The molecule has 1 aromatic heterocycles.